The maximum absolute atomic E-state index is 5.30. The molecule has 1 fully saturated rings. The topological polar surface area (TPSA) is 24.5 Å². The van der Waals surface area contributed by atoms with Crippen molar-refractivity contribution in [2.24, 2.45) is 5.92 Å². The second-order valence-corrected chi connectivity index (χ2v) is 7.00. The molecule has 1 N–H and O–H groups in total. The maximum Gasteiger partial charge on any atom is 0.0589 e. The molecule has 1 aliphatic rings. The molecular formula is C16H34N2O. The summed E-state index contributed by atoms with van der Waals surface area (Å²) in [5.41, 5.74) is 0.198. The van der Waals surface area contributed by atoms with Crippen molar-refractivity contribution in [1.82, 2.24) is 10.2 Å². The van der Waals surface area contributed by atoms with E-state index in [1.54, 1.807) is 7.11 Å². The Morgan fingerprint density at radius 1 is 1.32 bits per heavy atom. The Hall–Kier alpha value is -0.120. The lowest BCUT2D eigenvalue weighted by Crippen LogP contribution is -2.51. The average molecular weight is 270 g/mol. The molecule has 1 rings (SSSR count). The monoisotopic (exact) mass is 270 g/mol. The van der Waals surface area contributed by atoms with Gasteiger partial charge in [-0.05, 0) is 52.9 Å². The highest BCUT2D eigenvalue weighted by molar-refractivity contribution is 4.89. The van der Waals surface area contributed by atoms with Gasteiger partial charge in [0.2, 0.25) is 0 Å². The van der Waals surface area contributed by atoms with Crippen LogP contribution in [0.5, 0.6) is 0 Å². The Morgan fingerprint density at radius 3 is 2.37 bits per heavy atom. The highest BCUT2D eigenvalue weighted by atomic mass is 16.5. The third-order valence-electron chi connectivity index (χ3n) is 4.19. The smallest absolute Gasteiger partial charge is 0.0589 e. The van der Waals surface area contributed by atoms with Gasteiger partial charge in [-0.15, -0.1) is 0 Å². The second kappa shape index (κ2) is 7.61. The van der Waals surface area contributed by atoms with Crippen molar-refractivity contribution in [2.45, 2.75) is 71.5 Å². The van der Waals surface area contributed by atoms with E-state index in [0.29, 0.717) is 12.1 Å². The number of nitrogens with zero attached hydrogens (tertiary/aromatic N) is 1. The number of hydrogen-bond acceptors (Lipinski definition) is 3. The van der Waals surface area contributed by atoms with Gasteiger partial charge in [0, 0.05) is 37.8 Å². The zero-order chi connectivity index (χ0) is 14.5. The van der Waals surface area contributed by atoms with Gasteiger partial charge in [-0.2, -0.15) is 0 Å². The van der Waals surface area contributed by atoms with Crippen molar-refractivity contribution in [2.75, 3.05) is 26.8 Å². The minimum absolute atomic E-state index is 0.198. The molecule has 0 amide bonds. The van der Waals surface area contributed by atoms with Crippen LogP contribution in [-0.4, -0.2) is 49.3 Å². The molecule has 2 atom stereocenters. The molecule has 0 saturated heterocycles. The minimum atomic E-state index is 0.198. The van der Waals surface area contributed by atoms with Crippen molar-refractivity contribution >= 4 is 0 Å². The summed E-state index contributed by atoms with van der Waals surface area (Å²) >= 11 is 0. The van der Waals surface area contributed by atoms with Crippen molar-refractivity contribution in [3.8, 4) is 0 Å². The van der Waals surface area contributed by atoms with E-state index in [9.17, 15) is 0 Å². The summed E-state index contributed by atoms with van der Waals surface area (Å²) in [6.45, 7) is 14.4. The Kier molecular flexibility index (Phi) is 6.78. The average Bonchev–Trinajstić information content (AvgIpc) is 3.15. The van der Waals surface area contributed by atoms with Gasteiger partial charge in [0.1, 0.15) is 0 Å². The van der Waals surface area contributed by atoms with Crippen LogP contribution in [0.15, 0.2) is 0 Å². The highest BCUT2D eigenvalue weighted by Crippen LogP contribution is 2.36. The van der Waals surface area contributed by atoms with E-state index < -0.39 is 0 Å². The fourth-order valence-corrected chi connectivity index (χ4v) is 2.68. The summed E-state index contributed by atoms with van der Waals surface area (Å²) in [5, 5.41) is 3.66. The van der Waals surface area contributed by atoms with Crippen LogP contribution < -0.4 is 5.32 Å². The van der Waals surface area contributed by atoms with Crippen LogP contribution in [-0.2, 0) is 4.74 Å². The zero-order valence-corrected chi connectivity index (χ0v) is 13.8. The van der Waals surface area contributed by atoms with Crippen LogP contribution in [0.1, 0.15) is 53.9 Å². The Labute approximate surface area is 120 Å². The van der Waals surface area contributed by atoms with Gasteiger partial charge in [-0.3, -0.25) is 4.90 Å². The molecule has 0 bridgehead atoms. The number of nitrogens with one attached hydrogen (secondary N) is 1. The molecule has 1 aliphatic carbocycles. The number of rotatable bonds is 9. The molecular weight excluding hydrogens is 236 g/mol. The molecule has 19 heavy (non-hydrogen) atoms. The number of hydrogen-bond donors (Lipinski definition) is 1. The van der Waals surface area contributed by atoms with Gasteiger partial charge >= 0.3 is 0 Å². The number of ether oxygens (including phenoxy) is 1. The predicted octanol–water partition coefficient (Wildman–Crippen LogP) is 2.90. The molecule has 0 radical (unpaired) electrons. The Bertz CT molecular complexity index is 246. The molecule has 2 unspecified atom stereocenters. The van der Waals surface area contributed by atoms with E-state index >= 15 is 0 Å². The lowest BCUT2D eigenvalue weighted by Gasteiger charge is -2.38. The minimum Gasteiger partial charge on any atom is -0.383 e. The Morgan fingerprint density at radius 2 is 1.95 bits per heavy atom. The van der Waals surface area contributed by atoms with E-state index in [1.807, 2.05) is 0 Å². The Balaban J connectivity index is 2.57. The predicted molar refractivity (Wildman–Crippen MR) is 82.6 cm³/mol. The van der Waals surface area contributed by atoms with E-state index in [1.165, 1.54) is 19.3 Å². The second-order valence-electron chi connectivity index (χ2n) is 7.00. The molecule has 114 valence electrons. The first-order valence-corrected chi connectivity index (χ1v) is 7.88. The molecule has 0 aromatic heterocycles. The van der Waals surface area contributed by atoms with Gasteiger partial charge < -0.3 is 10.1 Å². The van der Waals surface area contributed by atoms with Crippen LogP contribution in [0.2, 0.25) is 0 Å². The van der Waals surface area contributed by atoms with Gasteiger partial charge in [0.25, 0.3) is 0 Å². The zero-order valence-electron chi connectivity index (χ0n) is 13.8. The number of methoxy groups -OCH3 is 1. The van der Waals surface area contributed by atoms with E-state index in [4.69, 9.17) is 4.74 Å². The van der Waals surface area contributed by atoms with Crippen molar-refractivity contribution in [1.29, 1.82) is 0 Å². The quantitative estimate of drug-likeness (QED) is 0.697. The molecule has 0 heterocycles. The summed E-state index contributed by atoms with van der Waals surface area (Å²) in [7, 11) is 1.80. The maximum atomic E-state index is 5.30. The summed E-state index contributed by atoms with van der Waals surface area (Å²) in [5.74, 6) is 0.917. The summed E-state index contributed by atoms with van der Waals surface area (Å²) in [4.78, 5) is 2.67. The van der Waals surface area contributed by atoms with Crippen LogP contribution in [0.25, 0.3) is 0 Å². The van der Waals surface area contributed by atoms with Crippen molar-refractivity contribution in [3.63, 3.8) is 0 Å². The van der Waals surface area contributed by atoms with Gasteiger partial charge in [-0.1, -0.05) is 6.92 Å². The van der Waals surface area contributed by atoms with E-state index in [-0.39, 0.29) is 5.54 Å². The molecule has 0 aromatic rings. The van der Waals surface area contributed by atoms with E-state index in [0.717, 1.165) is 25.6 Å². The van der Waals surface area contributed by atoms with Crippen molar-refractivity contribution < 1.29 is 4.74 Å². The van der Waals surface area contributed by atoms with Crippen LogP contribution in [0.4, 0.5) is 0 Å². The van der Waals surface area contributed by atoms with Crippen LogP contribution in [0.3, 0.4) is 0 Å². The lowest BCUT2D eigenvalue weighted by atomic mass is 10.0. The first-order valence-electron chi connectivity index (χ1n) is 7.88. The first kappa shape index (κ1) is 16.9. The van der Waals surface area contributed by atoms with Crippen molar-refractivity contribution in [3.05, 3.63) is 0 Å². The molecule has 0 aliphatic heterocycles. The van der Waals surface area contributed by atoms with Crippen LogP contribution >= 0.6 is 0 Å². The summed E-state index contributed by atoms with van der Waals surface area (Å²) in [6.07, 6.45) is 4.02. The third-order valence-corrected chi connectivity index (χ3v) is 4.19. The third kappa shape index (κ3) is 6.24. The lowest BCUT2D eigenvalue weighted by molar-refractivity contribution is 0.0759. The fraction of sp³-hybridized carbons (Fsp3) is 1.00. The summed E-state index contributed by atoms with van der Waals surface area (Å²) < 4.78 is 5.30. The molecule has 0 aromatic carbocycles. The molecule has 0 spiro atoms. The molecule has 1 saturated carbocycles. The molecule has 3 nitrogen and oxygen atoms in total. The largest absolute Gasteiger partial charge is 0.383 e. The van der Waals surface area contributed by atoms with E-state index in [2.05, 4.69) is 44.8 Å². The first-order chi connectivity index (χ1) is 8.89. The fourth-order valence-electron chi connectivity index (χ4n) is 2.68. The highest BCUT2D eigenvalue weighted by Gasteiger charge is 2.34. The van der Waals surface area contributed by atoms with Crippen LogP contribution in [0, 0.1) is 5.92 Å². The summed E-state index contributed by atoms with van der Waals surface area (Å²) in [6, 6.07) is 1.31. The van der Waals surface area contributed by atoms with Gasteiger partial charge in [-0.25, -0.2) is 0 Å². The van der Waals surface area contributed by atoms with Gasteiger partial charge in [0.05, 0.1) is 6.61 Å². The van der Waals surface area contributed by atoms with Gasteiger partial charge in [0.15, 0.2) is 0 Å². The standard InChI is InChI=1S/C16H34N2O/c1-7-15(12-17-16(3,4)5)18(10-11-19-6)13(2)14-8-9-14/h13-15,17H,7-12H2,1-6H3. The SMILES string of the molecule is CCC(CNC(C)(C)C)N(CCOC)C(C)C1CC1. The molecule has 3 heteroatoms. The normalized spacial score (nSPS) is 19.7.